The molecule has 170 valence electrons. The van der Waals surface area contributed by atoms with E-state index >= 15 is 0 Å². The van der Waals surface area contributed by atoms with Gasteiger partial charge in [-0.05, 0) is 36.2 Å². The van der Waals surface area contributed by atoms with Crippen LogP contribution in [0.4, 0.5) is 16.2 Å². The van der Waals surface area contributed by atoms with Gasteiger partial charge in [0.2, 0.25) is 0 Å². The topological polar surface area (TPSA) is 133 Å². The number of halogens is 1. The van der Waals surface area contributed by atoms with E-state index in [4.69, 9.17) is 17.3 Å². The second kappa shape index (κ2) is 9.29. The molecule has 0 aliphatic carbocycles. The number of anilines is 2. The van der Waals surface area contributed by atoms with Crippen molar-refractivity contribution < 1.29 is 14.4 Å². The Balaban J connectivity index is 1.60. The zero-order chi connectivity index (χ0) is 23.5. The molecule has 4 rings (SSSR count). The van der Waals surface area contributed by atoms with Crippen LogP contribution >= 0.6 is 11.6 Å². The van der Waals surface area contributed by atoms with E-state index in [0.717, 1.165) is 12.0 Å². The van der Waals surface area contributed by atoms with E-state index in [-0.39, 0.29) is 35.2 Å². The molecule has 4 N–H and O–H groups in total. The Morgan fingerprint density at radius 1 is 1.21 bits per heavy atom. The fourth-order valence-electron chi connectivity index (χ4n) is 3.83. The first kappa shape index (κ1) is 22.3. The van der Waals surface area contributed by atoms with Gasteiger partial charge in [-0.1, -0.05) is 23.7 Å². The summed E-state index contributed by atoms with van der Waals surface area (Å²) in [5.41, 5.74) is 7.57. The summed E-state index contributed by atoms with van der Waals surface area (Å²) in [7, 11) is 1.75. The van der Waals surface area contributed by atoms with Gasteiger partial charge in [0, 0.05) is 25.5 Å². The van der Waals surface area contributed by atoms with E-state index in [1.54, 1.807) is 22.9 Å². The average molecular weight is 468 g/mol. The number of nitrogens with two attached hydrogens (primary N) is 1. The van der Waals surface area contributed by atoms with Crippen LogP contribution in [-0.2, 0) is 9.59 Å². The largest absolute Gasteiger partial charge is 0.364 e. The minimum absolute atomic E-state index is 0.0150. The number of primary amides is 1. The van der Waals surface area contributed by atoms with E-state index in [2.05, 4.69) is 20.6 Å². The quantitative estimate of drug-likeness (QED) is 0.579. The van der Waals surface area contributed by atoms with E-state index in [1.807, 2.05) is 24.3 Å². The molecule has 33 heavy (non-hydrogen) atoms. The number of aromatic nitrogens is 1. The molecule has 4 amide bonds. The third-order valence-electron chi connectivity index (χ3n) is 5.48. The Morgan fingerprint density at radius 2 is 1.97 bits per heavy atom. The van der Waals surface area contributed by atoms with Crippen LogP contribution in [0.15, 0.2) is 59.0 Å². The van der Waals surface area contributed by atoms with Gasteiger partial charge in [-0.15, -0.1) is 0 Å². The van der Waals surface area contributed by atoms with Crippen LogP contribution < -0.4 is 21.3 Å². The van der Waals surface area contributed by atoms with Crippen LogP contribution in [0.25, 0.3) is 0 Å². The highest BCUT2D eigenvalue weighted by molar-refractivity contribution is 6.29. The number of hydrogen-bond acceptors (Lipinski definition) is 6. The molecule has 1 saturated heterocycles. The summed E-state index contributed by atoms with van der Waals surface area (Å²) in [6.45, 7) is 0.872. The summed E-state index contributed by atoms with van der Waals surface area (Å²) in [6.07, 6.45) is 3.72. The van der Waals surface area contributed by atoms with Gasteiger partial charge in [0.15, 0.2) is 5.70 Å². The zero-order valence-electron chi connectivity index (χ0n) is 17.8. The predicted octanol–water partition coefficient (Wildman–Crippen LogP) is 2.05. The molecule has 0 bridgehead atoms. The highest BCUT2D eigenvalue weighted by atomic mass is 35.5. The standard InChI is InChI=1S/C22H22ClN7O3/c1-29-16(8-9-26-22(29)33)13-2-5-15(6-3-13)30-11-10-25-18(19(30)20(24)31)21(32)28-14-4-7-17(23)27-12-14/h2-7,10,12,16H,8-9,11H2,1H3,(H2,24,31)(H,26,33)(H,28,32). The Bertz CT molecular complexity index is 1150. The number of amides is 4. The van der Waals surface area contributed by atoms with Crippen LogP contribution in [0.3, 0.4) is 0 Å². The Labute approximate surface area is 195 Å². The molecule has 10 nitrogen and oxygen atoms in total. The lowest BCUT2D eigenvalue weighted by Crippen LogP contribution is -2.45. The third-order valence-corrected chi connectivity index (χ3v) is 5.71. The van der Waals surface area contributed by atoms with E-state index in [9.17, 15) is 14.4 Å². The lowest BCUT2D eigenvalue weighted by Gasteiger charge is -2.34. The van der Waals surface area contributed by atoms with Gasteiger partial charge >= 0.3 is 6.03 Å². The van der Waals surface area contributed by atoms with Crippen molar-refractivity contribution in [3.63, 3.8) is 0 Å². The summed E-state index contributed by atoms with van der Waals surface area (Å²) in [5.74, 6) is -1.38. The van der Waals surface area contributed by atoms with Crippen LogP contribution in [0.5, 0.6) is 0 Å². The number of carbonyl (C=O) groups excluding carboxylic acids is 3. The van der Waals surface area contributed by atoms with Crippen LogP contribution in [0, 0.1) is 0 Å². The van der Waals surface area contributed by atoms with Crippen molar-refractivity contribution >= 4 is 47.0 Å². The average Bonchev–Trinajstić information content (AvgIpc) is 2.82. The molecular formula is C22H22ClN7O3. The number of nitrogens with one attached hydrogen (secondary N) is 2. The number of nitrogens with zero attached hydrogens (tertiary/aromatic N) is 4. The zero-order valence-corrected chi connectivity index (χ0v) is 18.5. The molecule has 0 radical (unpaired) electrons. The second-order valence-electron chi connectivity index (χ2n) is 7.55. The van der Waals surface area contributed by atoms with Gasteiger partial charge in [0.25, 0.3) is 11.8 Å². The summed E-state index contributed by atoms with van der Waals surface area (Å²) < 4.78 is 0. The van der Waals surface area contributed by atoms with Gasteiger partial charge in [0.1, 0.15) is 10.9 Å². The van der Waals surface area contributed by atoms with Crippen molar-refractivity contribution in [2.24, 2.45) is 10.7 Å². The SMILES string of the molecule is CN1C(=O)NCCC1c1ccc(N2CC=NC(C(=O)Nc3ccc(Cl)nc3)=C2C(N)=O)cc1. The summed E-state index contributed by atoms with van der Waals surface area (Å²) in [6, 6.07) is 10.4. The molecule has 0 saturated carbocycles. The molecule has 1 atom stereocenters. The number of urea groups is 1. The second-order valence-corrected chi connectivity index (χ2v) is 7.93. The Kier molecular flexibility index (Phi) is 6.27. The fraction of sp³-hybridized carbons (Fsp3) is 0.227. The number of carbonyl (C=O) groups is 3. The highest BCUT2D eigenvalue weighted by Crippen LogP contribution is 2.30. The lowest BCUT2D eigenvalue weighted by atomic mass is 10.0. The number of pyridine rings is 1. The minimum Gasteiger partial charge on any atom is -0.364 e. The van der Waals surface area contributed by atoms with Gasteiger partial charge in [-0.25, -0.2) is 9.78 Å². The maximum absolute atomic E-state index is 12.9. The molecule has 2 aliphatic heterocycles. The monoisotopic (exact) mass is 467 g/mol. The fourth-order valence-corrected chi connectivity index (χ4v) is 3.94. The number of benzene rings is 1. The van der Waals surface area contributed by atoms with E-state index in [0.29, 0.717) is 17.9 Å². The minimum atomic E-state index is -0.779. The first-order valence-electron chi connectivity index (χ1n) is 10.2. The first-order valence-corrected chi connectivity index (χ1v) is 10.6. The Hall–Kier alpha value is -3.92. The number of aliphatic imine (C=N–C) groups is 1. The maximum Gasteiger partial charge on any atom is 0.317 e. The molecule has 2 aliphatic rings. The lowest BCUT2D eigenvalue weighted by molar-refractivity contribution is -0.116. The normalized spacial score (nSPS) is 18.2. The van der Waals surface area contributed by atoms with Gasteiger partial charge in [-0.2, -0.15) is 0 Å². The summed E-state index contributed by atoms with van der Waals surface area (Å²) in [5, 5.41) is 5.74. The van der Waals surface area contributed by atoms with E-state index < -0.39 is 11.8 Å². The van der Waals surface area contributed by atoms with Crippen molar-refractivity contribution in [1.29, 1.82) is 0 Å². The van der Waals surface area contributed by atoms with Gasteiger partial charge in [0.05, 0.1) is 24.5 Å². The Morgan fingerprint density at radius 3 is 2.64 bits per heavy atom. The molecule has 2 aromatic rings. The number of rotatable bonds is 5. The molecular weight excluding hydrogens is 446 g/mol. The van der Waals surface area contributed by atoms with Crippen molar-refractivity contribution in [3.8, 4) is 0 Å². The third kappa shape index (κ3) is 4.65. The van der Waals surface area contributed by atoms with Crippen molar-refractivity contribution in [1.82, 2.24) is 15.2 Å². The van der Waals surface area contributed by atoms with Gasteiger partial charge < -0.3 is 26.2 Å². The highest BCUT2D eigenvalue weighted by Gasteiger charge is 2.29. The first-order chi connectivity index (χ1) is 15.8. The molecule has 11 heteroatoms. The van der Waals surface area contributed by atoms with Gasteiger partial charge in [-0.3, -0.25) is 14.6 Å². The molecule has 0 spiro atoms. The van der Waals surface area contributed by atoms with Crippen LogP contribution in [0.1, 0.15) is 18.0 Å². The molecule has 1 fully saturated rings. The maximum atomic E-state index is 12.9. The van der Waals surface area contributed by atoms with Crippen molar-refractivity contribution in [2.75, 3.05) is 30.4 Å². The molecule has 1 aromatic carbocycles. The van der Waals surface area contributed by atoms with E-state index in [1.165, 1.54) is 18.5 Å². The molecule has 3 heterocycles. The summed E-state index contributed by atoms with van der Waals surface area (Å²) in [4.78, 5) is 48.5. The van der Waals surface area contributed by atoms with Crippen LogP contribution in [-0.4, -0.2) is 54.1 Å². The van der Waals surface area contributed by atoms with Crippen molar-refractivity contribution in [3.05, 3.63) is 64.7 Å². The summed E-state index contributed by atoms with van der Waals surface area (Å²) >= 11 is 5.78. The smallest absolute Gasteiger partial charge is 0.317 e. The predicted molar refractivity (Wildman–Crippen MR) is 125 cm³/mol. The van der Waals surface area contributed by atoms with Crippen molar-refractivity contribution in [2.45, 2.75) is 12.5 Å². The molecule has 1 aromatic heterocycles. The number of hydrogen-bond donors (Lipinski definition) is 3. The molecule has 1 unspecified atom stereocenters. The van der Waals surface area contributed by atoms with Crippen LogP contribution in [0.2, 0.25) is 5.15 Å².